The van der Waals surface area contributed by atoms with E-state index in [2.05, 4.69) is 32.1 Å². The summed E-state index contributed by atoms with van der Waals surface area (Å²) in [5.41, 5.74) is 2.53. The second kappa shape index (κ2) is 6.26. The Morgan fingerprint density at radius 2 is 1.92 bits per heavy atom. The summed E-state index contributed by atoms with van der Waals surface area (Å²) >= 11 is 0. The molecular weight excluding hydrogens is 352 g/mol. The fraction of sp³-hybridized carbons (Fsp3) is 0.294. The summed E-state index contributed by atoms with van der Waals surface area (Å²) in [5, 5.41) is 11.7. The van der Waals surface area contributed by atoms with Gasteiger partial charge in [0, 0.05) is 24.5 Å². The van der Waals surface area contributed by atoms with Crippen molar-refractivity contribution < 1.29 is 8.42 Å². The fourth-order valence-electron chi connectivity index (χ4n) is 2.80. The Kier molecular flexibility index (Phi) is 4.04. The second-order valence-corrected chi connectivity index (χ2v) is 7.91. The highest BCUT2D eigenvalue weighted by molar-refractivity contribution is 7.89. The van der Waals surface area contributed by atoms with Crippen LogP contribution in [0.3, 0.4) is 0 Å². The van der Waals surface area contributed by atoms with Gasteiger partial charge in [0.1, 0.15) is 5.52 Å². The minimum atomic E-state index is -3.71. The summed E-state index contributed by atoms with van der Waals surface area (Å²) in [5.74, 6) is 1.27. The van der Waals surface area contributed by atoms with Crippen LogP contribution in [0.4, 0.5) is 17.5 Å². The lowest BCUT2D eigenvalue weighted by Crippen LogP contribution is -2.12. The van der Waals surface area contributed by atoms with Gasteiger partial charge in [-0.05, 0) is 50.1 Å². The highest BCUT2D eigenvalue weighted by Crippen LogP contribution is 2.30. The molecule has 0 amide bonds. The van der Waals surface area contributed by atoms with E-state index in [4.69, 9.17) is 5.14 Å². The summed E-state index contributed by atoms with van der Waals surface area (Å²) < 4.78 is 24.8. The fourth-order valence-corrected chi connectivity index (χ4v) is 3.32. The maximum Gasteiger partial charge on any atom is 0.238 e. The van der Waals surface area contributed by atoms with Gasteiger partial charge in [0.2, 0.25) is 16.0 Å². The van der Waals surface area contributed by atoms with Crippen LogP contribution in [0.5, 0.6) is 0 Å². The monoisotopic (exact) mass is 372 g/mol. The van der Waals surface area contributed by atoms with Crippen LogP contribution >= 0.6 is 0 Å². The van der Waals surface area contributed by atoms with E-state index in [9.17, 15) is 8.42 Å². The summed E-state index contributed by atoms with van der Waals surface area (Å²) in [6.07, 6.45) is 4.30. The van der Waals surface area contributed by atoms with E-state index >= 15 is 0 Å². The lowest BCUT2D eigenvalue weighted by Gasteiger charge is -2.12. The second-order valence-electron chi connectivity index (χ2n) is 6.34. The van der Waals surface area contributed by atoms with Crippen molar-refractivity contribution >= 4 is 38.5 Å². The summed E-state index contributed by atoms with van der Waals surface area (Å²) in [6, 6.07) is 8.61. The molecule has 1 aliphatic rings. The molecule has 3 aromatic rings. The van der Waals surface area contributed by atoms with Crippen LogP contribution in [0, 0.1) is 0 Å². The van der Waals surface area contributed by atoms with Crippen molar-refractivity contribution in [2.75, 3.05) is 10.6 Å². The first-order chi connectivity index (χ1) is 12.4. The number of rotatable bonds is 6. The Morgan fingerprint density at radius 3 is 2.54 bits per heavy atom. The van der Waals surface area contributed by atoms with Crippen LogP contribution in [-0.4, -0.2) is 29.0 Å². The summed E-state index contributed by atoms with van der Waals surface area (Å²) in [7, 11) is -3.71. The van der Waals surface area contributed by atoms with Crippen LogP contribution < -0.4 is 15.8 Å². The van der Waals surface area contributed by atoms with Crippen LogP contribution in [0.1, 0.15) is 19.8 Å². The molecular formula is C17H20N6O2S. The van der Waals surface area contributed by atoms with E-state index in [1.165, 1.54) is 12.1 Å². The highest BCUT2D eigenvalue weighted by Gasteiger charge is 2.23. The molecule has 1 fully saturated rings. The van der Waals surface area contributed by atoms with Gasteiger partial charge in [-0.15, -0.1) is 0 Å². The maximum atomic E-state index is 11.4. The maximum absolute atomic E-state index is 11.4. The molecule has 0 radical (unpaired) electrons. The number of aromatic nitrogens is 3. The lowest BCUT2D eigenvalue weighted by atomic mass is 10.3. The number of nitrogens with two attached hydrogens (primary N) is 1. The number of benzene rings is 1. The van der Waals surface area contributed by atoms with E-state index in [0.717, 1.165) is 36.2 Å². The van der Waals surface area contributed by atoms with Crippen molar-refractivity contribution in [2.24, 2.45) is 5.14 Å². The Labute approximate surface area is 151 Å². The molecule has 0 bridgehead atoms. The Morgan fingerprint density at radius 1 is 1.19 bits per heavy atom. The van der Waals surface area contributed by atoms with Gasteiger partial charge >= 0.3 is 0 Å². The molecule has 1 aliphatic carbocycles. The Balaban J connectivity index is 1.68. The first-order valence-corrected chi connectivity index (χ1v) is 10.0. The standard InChI is InChI=1S/C17H20N6O2S/c1-2-23-10-9-14-15(23)16(19-11-3-4-11)22-17(21-14)20-12-5-7-13(8-6-12)26(18,24)25/h5-11H,2-4H2,1H3,(H2,18,24,25)(H2,19,20,21,22). The van der Waals surface area contributed by atoms with Gasteiger partial charge in [-0.25, -0.2) is 18.5 Å². The lowest BCUT2D eigenvalue weighted by molar-refractivity contribution is 0.598. The van der Waals surface area contributed by atoms with Crippen molar-refractivity contribution in [3.05, 3.63) is 36.5 Å². The van der Waals surface area contributed by atoms with Gasteiger partial charge in [-0.2, -0.15) is 4.98 Å². The van der Waals surface area contributed by atoms with Crippen LogP contribution in [-0.2, 0) is 16.6 Å². The number of aryl methyl sites for hydroxylation is 1. The first-order valence-electron chi connectivity index (χ1n) is 8.47. The number of fused-ring (bicyclic) bond motifs is 1. The minimum absolute atomic E-state index is 0.0653. The minimum Gasteiger partial charge on any atom is -0.365 e. The largest absolute Gasteiger partial charge is 0.365 e. The highest BCUT2D eigenvalue weighted by atomic mass is 32.2. The quantitative estimate of drug-likeness (QED) is 0.612. The van der Waals surface area contributed by atoms with E-state index < -0.39 is 10.0 Å². The van der Waals surface area contributed by atoms with Crippen molar-refractivity contribution in [2.45, 2.75) is 37.2 Å². The number of hydrogen-bond acceptors (Lipinski definition) is 6. The number of primary sulfonamides is 1. The molecule has 136 valence electrons. The van der Waals surface area contributed by atoms with Crippen LogP contribution in [0.15, 0.2) is 41.4 Å². The SMILES string of the molecule is CCn1ccc2nc(Nc3ccc(S(N)(=O)=O)cc3)nc(NC3CC3)c21. The first kappa shape index (κ1) is 16.8. The van der Waals surface area contributed by atoms with E-state index in [-0.39, 0.29) is 4.90 Å². The van der Waals surface area contributed by atoms with Crippen LogP contribution in [0.25, 0.3) is 11.0 Å². The van der Waals surface area contributed by atoms with Crippen molar-refractivity contribution in [1.82, 2.24) is 14.5 Å². The number of nitrogens with zero attached hydrogens (tertiary/aromatic N) is 3. The third-order valence-electron chi connectivity index (χ3n) is 4.31. The number of sulfonamides is 1. The summed E-state index contributed by atoms with van der Waals surface area (Å²) in [4.78, 5) is 9.27. The van der Waals surface area contributed by atoms with Crippen molar-refractivity contribution in [3.8, 4) is 0 Å². The van der Waals surface area contributed by atoms with Gasteiger partial charge in [0.25, 0.3) is 0 Å². The molecule has 0 saturated heterocycles. The molecule has 1 saturated carbocycles. The Hall–Kier alpha value is -2.65. The number of hydrogen-bond donors (Lipinski definition) is 3. The third kappa shape index (κ3) is 3.35. The summed E-state index contributed by atoms with van der Waals surface area (Å²) in [6.45, 7) is 2.92. The van der Waals surface area contributed by atoms with E-state index in [1.807, 2.05) is 12.3 Å². The molecule has 0 unspecified atom stereocenters. The van der Waals surface area contributed by atoms with Crippen molar-refractivity contribution in [3.63, 3.8) is 0 Å². The van der Waals surface area contributed by atoms with Crippen LogP contribution in [0.2, 0.25) is 0 Å². The van der Waals surface area contributed by atoms with Gasteiger partial charge in [0.15, 0.2) is 5.82 Å². The van der Waals surface area contributed by atoms with Gasteiger partial charge in [-0.3, -0.25) is 0 Å². The predicted octanol–water partition coefficient (Wildman–Crippen LogP) is 2.42. The molecule has 8 nitrogen and oxygen atoms in total. The molecule has 4 rings (SSSR count). The third-order valence-corrected chi connectivity index (χ3v) is 5.24. The zero-order valence-corrected chi connectivity index (χ0v) is 15.1. The molecule has 0 atom stereocenters. The normalized spacial score (nSPS) is 14.5. The van der Waals surface area contributed by atoms with Gasteiger partial charge in [0.05, 0.1) is 10.4 Å². The zero-order chi connectivity index (χ0) is 18.3. The molecule has 1 aromatic carbocycles. The van der Waals surface area contributed by atoms with Crippen molar-refractivity contribution in [1.29, 1.82) is 0 Å². The molecule has 2 heterocycles. The molecule has 26 heavy (non-hydrogen) atoms. The van der Waals surface area contributed by atoms with E-state index in [0.29, 0.717) is 17.7 Å². The zero-order valence-electron chi connectivity index (χ0n) is 14.3. The molecule has 4 N–H and O–H groups in total. The topological polar surface area (TPSA) is 115 Å². The smallest absolute Gasteiger partial charge is 0.238 e. The molecule has 0 aliphatic heterocycles. The number of nitrogens with one attached hydrogen (secondary N) is 2. The van der Waals surface area contributed by atoms with Gasteiger partial charge in [-0.1, -0.05) is 0 Å². The van der Waals surface area contributed by atoms with E-state index in [1.54, 1.807) is 12.1 Å². The average molecular weight is 372 g/mol. The Bertz CT molecular complexity index is 1050. The molecule has 0 spiro atoms. The van der Waals surface area contributed by atoms with Gasteiger partial charge < -0.3 is 15.2 Å². The molecule has 2 aromatic heterocycles. The molecule has 9 heteroatoms. The average Bonchev–Trinajstić information content (AvgIpc) is 3.31. The predicted molar refractivity (Wildman–Crippen MR) is 101 cm³/mol. The number of anilines is 3.